The number of benzene rings is 3. The van der Waals surface area contributed by atoms with Gasteiger partial charge in [0.2, 0.25) is 0 Å². The molecule has 4 rings (SSSR count). The summed E-state index contributed by atoms with van der Waals surface area (Å²) in [6, 6.07) is 22.2. The Balaban J connectivity index is 1.46. The standard InChI is InChI=1S/C22H16N2O3/c25-21(24-20-12-3-7-15-6-1-2-8-16(15)20)14-27-22(26)18-9-4-11-19-17(18)10-5-13-23-19/h1-13H,14H2,(H,24,25). The Labute approximate surface area is 155 Å². The van der Waals surface area contributed by atoms with Crippen molar-refractivity contribution in [2.24, 2.45) is 0 Å². The van der Waals surface area contributed by atoms with Crippen LogP contribution >= 0.6 is 0 Å². The molecule has 0 aliphatic rings. The number of nitrogens with zero attached hydrogens (tertiary/aromatic N) is 1. The van der Waals surface area contributed by atoms with Crippen molar-refractivity contribution in [1.82, 2.24) is 4.98 Å². The molecule has 5 nitrogen and oxygen atoms in total. The maximum absolute atomic E-state index is 12.4. The summed E-state index contributed by atoms with van der Waals surface area (Å²) in [5.41, 5.74) is 1.77. The van der Waals surface area contributed by atoms with Crippen LogP contribution in [0.25, 0.3) is 21.7 Å². The van der Waals surface area contributed by atoms with Crippen LogP contribution in [0, 0.1) is 0 Å². The summed E-state index contributed by atoms with van der Waals surface area (Å²) in [7, 11) is 0. The predicted molar refractivity (Wildman–Crippen MR) is 105 cm³/mol. The number of pyridine rings is 1. The van der Waals surface area contributed by atoms with Crippen molar-refractivity contribution in [2.75, 3.05) is 11.9 Å². The molecule has 0 aliphatic heterocycles. The van der Waals surface area contributed by atoms with Gasteiger partial charge in [-0.3, -0.25) is 9.78 Å². The number of rotatable bonds is 4. The van der Waals surface area contributed by atoms with Gasteiger partial charge in [0.25, 0.3) is 5.91 Å². The maximum atomic E-state index is 12.4. The molecule has 0 saturated carbocycles. The third-order valence-corrected chi connectivity index (χ3v) is 4.26. The summed E-state index contributed by atoms with van der Waals surface area (Å²) in [5, 5.41) is 5.45. The molecular formula is C22H16N2O3. The summed E-state index contributed by atoms with van der Waals surface area (Å²) in [5.74, 6) is -0.945. The summed E-state index contributed by atoms with van der Waals surface area (Å²) < 4.78 is 5.20. The average molecular weight is 356 g/mol. The molecule has 0 radical (unpaired) electrons. The lowest BCUT2D eigenvalue weighted by molar-refractivity contribution is -0.119. The van der Waals surface area contributed by atoms with E-state index in [0.29, 0.717) is 22.2 Å². The zero-order valence-corrected chi connectivity index (χ0v) is 14.4. The van der Waals surface area contributed by atoms with Crippen LogP contribution < -0.4 is 5.32 Å². The first kappa shape index (κ1) is 16.7. The molecule has 4 aromatic rings. The summed E-state index contributed by atoms with van der Waals surface area (Å²) in [4.78, 5) is 28.9. The maximum Gasteiger partial charge on any atom is 0.339 e. The van der Waals surface area contributed by atoms with E-state index in [-0.39, 0.29) is 6.61 Å². The number of hydrogen-bond acceptors (Lipinski definition) is 4. The fraction of sp³-hybridized carbons (Fsp3) is 0.0455. The molecule has 0 spiro atoms. The quantitative estimate of drug-likeness (QED) is 0.557. The second-order valence-corrected chi connectivity index (χ2v) is 6.03. The number of anilines is 1. The van der Waals surface area contributed by atoms with E-state index in [9.17, 15) is 9.59 Å². The number of ether oxygens (including phenoxy) is 1. The summed E-state index contributed by atoms with van der Waals surface area (Å²) in [6.45, 7) is -0.362. The third kappa shape index (κ3) is 3.48. The number of carbonyl (C=O) groups is 2. The Morgan fingerprint density at radius 1 is 0.852 bits per heavy atom. The Hall–Kier alpha value is -3.73. The molecule has 3 aromatic carbocycles. The Bertz CT molecular complexity index is 1140. The highest BCUT2D eigenvalue weighted by molar-refractivity contribution is 6.05. The molecule has 0 aliphatic carbocycles. The van der Waals surface area contributed by atoms with E-state index in [1.54, 1.807) is 30.5 Å². The van der Waals surface area contributed by atoms with E-state index in [0.717, 1.165) is 10.8 Å². The highest BCUT2D eigenvalue weighted by Crippen LogP contribution is 2.23. The third-order valence-electron chi connectivity index (χ3n) is 4.26. The van der Waals surface area contributed by atoms with Gasteiger partial charge in [-0.25, -0.2) is 4.79 Å². The number of esters is 1. The first-order chi connectivity index (χ1) is 13.2. The minimum absolute atomic E-state index is 0.362. The molecular weight excluding hydrogens is 340 g/mol. The van der Waals surface area contributed by atoms with Gasteiger partial charge in [0.1, 0.15) is 0 Å². The van der Waals surface area contributed by atoms with Crippen molar-refractivity contribution in [2.45, 2.75) is 0 Å². The minimum atomic E-state index is -0.554. The normalized spacial score (nSPS) is 10.7. The van der Waals surface area contributed by atoms with Crippen molar-refractivity contribution >= 4 is 39.2 Å². The van der Waals surface area contributed by atoms with Gasteiger partial charge in [-0.15, -0.1) is 0 Å². The van der Waals surface area contributed by atoms with Gasteiger partial charge in [0.05, 0.1) is 11.1 Å². The fourth-order valence-electron chi connectivity index (χ4n) is 3.01. The smallest absolute Gasteiger partial charge is 0.339 e. The van der Waals surface area contributed by atoms with Crippen molar-refractivity contribution in [3.05, 3.63) is 84.6 Å². The highest BCUT2D eigenvalue weighted by atomic mass is 16.5. The number of fused-ring (bicyclic) bond motifs is 2. The van der Waals surface area contributed by atoms with Gasteiger partial charge in [-0.1, -0.05) is 48.5 Å². The predicted octanol–water partition coefficient (Wildman–Crippen LogP) is 4.18. The van der Waals surface area contributed by atoms with Crippen molar-refractivity contribution < 1.29 is 14.3 Å². The number of carbonyl (C=O) groups excluding carboxylic acids is 2. The second-order valence-electron chi connectivity index (χ2n) is 6.03. The number of nitrogens with one attached hydrogen (secondary N) is 1. The molecule has 132 valence electrons. The topological polar surface area (TPSA) is 68.3 Å². The van der Waals surface area contributed by atoms with E-state index in [2.05, 4.69) is 10.3 Å². The molecule has 1 heterocycles. The number of hydrogen-bond donors (Lipinski definition) is 1. The Kier molecular flexibility index (Phi) is 4.49. The van der Waals surface area contributed by atoms with Crippen LogP contribution in [-0.2, 0) is 9.53 Å². The molecule has 0 saturated heterocycles. The van der Waals surface area contributed by atoms with Crippen molar-refractivity contribution in [3.8, 4) is 0 Å². The van der Waals surface area contributed by atoms with E-state index < -0.39 is 11.9 Å². The van der Waals surface area contributed by atoms with Crippen LogP contribution in [0.2, 0.25) is 0 Å². The lowest BCUT2D eigenvalue weighted by Gasteiger charge is -2.10. The molecule has 0 fully saturated rings. The van der Waals surface area contributed by atoms with Crippen molar-refractivity contribution in [3.63, 3.8) is 0 Å². The summed E-state index contributed by atoms with van der Waals surface area (Å²) in [6.07, 6.45) is 1.66. The lowest BCUT2D eigenvalue weighted by Crippen LogP contribution is -2.21. The molecule has 1 aromatic heterocycles. The van der Waals surface area contributed by atoms with E-state index >= 15 is 0 Å². The largest absolute Gasteiger partial charge is 0.452 e. The Morgan fingerprint density at radius 3 is 2.56 bits per heavy atom. The summed E-state index contributed by atoms with van der Waals surface area (Å²) >= 11 is 0. The van der Waals surface area contributed by atoms with Crippen LogP contribution in [0.5, 0.6) is 0 Å². The lowest BCUT2D eigenvalue weighted by atomic mass is 10.1. The van der Waals surface area contributed by atoms with Crippen LogP contribution in [-0.4, -0.2) is 23.5 Å². The second kappa shape index (κ2) is 7.25. The van der Waals surface area contributed by atoms with Gasteiger partial charge in [0, 0.05) is 22.7 Å². The van der Waals surface area contributed by atoms with Crippen LogP contribution in [0.4, 0.5) is 5.69 Å². The fourth-order valence-corrected chi connectivity index (χ4v) is 3.01. The zero-order chi connectivity index (χ0) is 18.6. The average Bonchev–Trinajstić information content (AvgIpc) is 2.72. The van der Waals surface area contributed by atoms with Gasteiger partial charge in [-0.2, -0.15) is 0 Å². The van der Waals surface area contributed by atoms with Gasteiger partial charge >= 0.3 is 5.97 Å². The molecule has 0 atom stereocenters. The molecule has 5 heteroatoms. The van der Waals surface area contributed by atoms with Gasteiger partial charge < -0.3 is 10.1 Å². The van der Waals surface area contributed by atoms with Crippen molar-refractivity contribution in [1.29, 1.82) is 0 Å². The van der Waals surface area contributed by atoms with Crippen LogP contribution in [0.15, 0.2) is 79.0 Å². The number of amides is 1. The highest BCUT2D eigenvalue weighted by Gasteiger charge is 2.14. The number of aromatic nitrogens is 1. The van der Waals surface area contributed by atoms with Crippen LogP contribution in [0.1, 0.15) is 10.4 Å². The zero-order valence-electron chi connectivity index (χ0n) is 14.4. The molecule has 1 N–H and O–H groups in total. The van der Waals surface area contributed by atoms with Gasteiger partial charge in [0.15, 0.2) is 6.61 Å². The first-order valence-electron chi connectivity index (χ1n) is 8.51. The molecule has 1 amide bonds. The molecule has 27 heavy (non-hydrogen) atoms. The minimum Gasteiger partial charge on any atom is -0.452 e. The van der Waals surface area contributed by atoms with E-state index in [1.165, 1.54) is 0 Å². The SMILES string of the molecule is O=C(COC(=O)c1cccc2ncccc12)Nc1cccc2ccccc12. The Morgan fingerprint density at radius 2 is 1.63 bits per heavy atom. The van der Waals surface area contributed by atoms with E-state index in [1.807, 2.05) is 48.5 Å². The monoisotopic (exact) mass is 356 g/mol. The first-order valence-corrected chi connectivity index (χ1v) is 8.51. The molecule has 0 unspecified atom stereocenters. The molecule has 0 bridgehead atoms. The van der Waals surface area contributed by atoms with E-state index in [4.69, 9.17) is 4.74 Å². The van der Waals surface area contributed by atoms with Crippen LogP contribution in [0.3, 0.4) is 0 Å². The van der Waals surface area contributed by atoms with Gasteiger partial charge in [-0.05, 0) is 29.7 Å².